The van der Waals surface area contributed by atoms with Gasteiger partial charge in [0.2, 0.25) is 0 Å². The molecule has 1 saturated carbocycles. The van der Waals surface area contributed by atoms with Gasteiger partial charge in [0, 0.05) is 10.5 Å². The number of nitrogens with two attached hydrogens (primary N) is 1. The maximum Gasteiger partial charge on any atom is 0.258 e. The summed E-state index contributed by atoms with van der Waals surface area (Å²) in [6.07, 6.45) is 6.66. The smallest absolute Gasteiger partial charge is 0.258 e. The highest BCUT2D eigenvalue weighted by Crippen LogP contribution is 2.23. The highest BCUT2D eigenvalue weighted by molar-refractivity contribution is 9.10. The van der Waals surface area contributed by atoms with Crippen molar-refractivity contribution in [2.45, 2.75) is 44.6 Å². The van der Waals surface area contributed by atoms with E-state index in [0.29, 0.717) is 18.3 Å². The second kappa shape index (κ2) is 8.39. The van der Waals surface area contributed by atoms with Crippen molar-refractivity contribution in [3.63, 3.8) is 0 Å². The van der Waals surface area contributed by atoms with Gasteiger partial charge in [0.05, 0.1) is 0 Å². The Morgan fingerprint density at radius 1 is 1.33 bits per heavy atom. The zero-order valence-electron chi connectivity index (χ0n) is 12.2. The van der Waals surface area contributed by atoms with E-state index in [2.05, 4.69) is 21.2 Å². The minimum Gasteiger partial charge on any atom is -0.484 e. The van der Waals surface area contributed by atoms with Crippen LogP contribution >= 0.6 is 15.9 Å². The zero-order chi connectivity index (χ0) is 15.1. The molecule has 1 aromatic carbocycles. The third-order valence-electron chi connectivity index (χ3n) is 3.77. The molecule has 0 saturated heterocycles. The van der Waals surface area contributed by atoms with Gasteiger partial charge in [-0.15, -0.1) is 0 Å². The fourth-order valence-electron chi connectivity index (χ4n) is 2.65. The van der Waals surface area contributed by atoms with E-state index in [4.69, 9.17) is 10.5 Å². The van der Waals surface area contributed by atoms with Gasteiger partial charge in [0.1, 0.15) is 5.75 Å². The SMILES string of the molecule is NCCc1cc(OCC(=O)NC2CCCCC2)ccc1Br. The number of halogens is 1. The highest BCUT2D eigenvalue weighted by atomic mass is 79.9. The molecule has 0 spiro atoms. The van der Waals surface area contributed by atoms with Crippen LogP contribution in [0.4, 0.5) is 0 Å². The van der Waals surface area contributed by atoms with Crippen LogP contribution in [0.3, 0.4) is 0 Å². The van der Waals surface area contributed by atoms with Gasteiger partial charge >= 0.3 is 0 Å². The average molecular weight is 355 g/mol. The van der Waals surface area contributed by atoms with Gasteiger partial charge < -0.3 is 15.8 Å². The van der Waals surface area contributed by atoms with Crippen LogP contribution in [0.2, 0.25) is 0 Å². The summed E-state index contributed by atoms with van der Waals surface area (Å²) in [4.78, 5) is 11.9. The Kier molecular flexibility index (Phi) is 6.51. The van der Waals surface area contributed by atoms with E-state index < -0.39 is 0 Å². The fourth-order valence-corrected chi connectivity index (χ4v) is 3.10. The molecule has 1 aliphatic rings. The molecule has 2 rings (SSSR count). The van der Waals surface area contributed by atoms with Gasteiger partial charge in [-0.3, -0.25) is 4.79 Å². The third kappa shape index (κ3) is 5.32. The lowest BCUT2D eigenvalue weighted by Gasteiger charge is -2.22. The van der Waals surface area contributed by atoms with Gasteiger partial charge in [-0.05, 0) is 49.6 Å². The molecule has 0 heterocycles. The summed E-state index contributed by atoms with van der Waals surface area (Å²) < 4.78 is 6.60. The predicted molar refractivity (Wildman–Crippen MR) is 87.4 cm³/mol. The van der Waals surface area contributed by atoms with Crippen molar-refractivity contribution in [2.24, 2.45) is 5.73 Å². The normalized spacial score (nSPS) is 15.7. The summed E-state index contributed by atoms with van der Waals surface area (Å²) in [6.45, 7) is 0.657. The minimum atomic E-state index is -0.0369. The quantitative estimate of drug-likeness (QED) is 0.825. The van der Waals surface area contributed by atoms with Gasteiger partial charge in [-0.1, -0.05) is 35.2 Å². The van der Waals surface area contributed by atoms with Crippen LogP contribution in [0, 0.1) is 0 Å². The molecule has 1 aromatic rings. The van der Waals surface area contributed by atoms with Crippen molar-refractivity contribution in [2.75, 3.05) is 13.2 Å². The van der Waals surface area contributed by atoms with Crippen LogP contribution in [0.25, 0.3) is 0 Å². The Morgan fingerprint density at radius 3 is 2.81 bits per heavy atom. The topological polar surface area (TPSA) is 64.3 Å². The molecule has 116 valence electrons. The van der Waals surface area contributed by atoms with E-state index in [0.717, 1.165) is 29.3 Å². The lowest BCUT2D eigenvalue weighted by atomic mass is 9.95. The largest absolute Gasteiger partial charge is 0.484 e. The van der Waals surface area contributed by atoms with Crippen LogP contribution in [-0.4, -0.2) is 25.1 Å². The molecule has 21 heavy (non-hydrogen) atoms. The molecule has 5 heteroatoms. The molecule has 4 nitrogen and oxygen atoms in total. The number of nitrogens with one attached hydrogen (secondary N) is 1. The second-order valence-corrected chi connectivity index (χ2v) is 6.34. The summed E-state index contributed by atoms with van der Waals surface area (Å²) in [6, 6.07) is 6.05. The maximum atomic E-state index is 11.9. The fraction of sp³-hybridized carbons (Fsp3) is 0.562. The molecule has 0 bridgehead atoms. The predicted octanol–water partition coefficient (Wildman–Crippen LogP) is 2.78. The van der Waals surface area contributed by atoms with Crippen molar-refractivity contribution in [1.82, 2.24) is 5.32 Å². The Labute approximate surface area is 134 Å². The molecule has 0 aromatic heterocycles. The standard InChI is InChI=1S/C16H23BrN2O2/c17-15-7-6-14(10-12(15)8-9-18)21-11-16(20)19-13-4-2-1-3-5-13/h6-7,10,13H,1-5,8-9,11,18H2,(H,19,20). The molecule has 0 aliphatic heterocycles. The van der Waals surface area contributed by atoms with Crippen LogP contribution in [0.1, 0.15) is 37.7 Å². The first-order chi connectivity index (χ1) is 10.2. The highest BCUT2D eigenvalue weighted by Gasteiger charge is 2.15. The third-order valence-corrected chi connectivity index (χ3v) is 4.54. The van der Waals surface area contributed by atoms with Gasteiger partial charge in [0.15, 0.2) is 6.61 Å². The zero-order valence-corrected chi connectivity index (χ0v) is 13.8. The molecule has 1 fully saturated rings. The van der Waals surface area contributed by atoms with E-state index in [1.807, 2.05) is 18.2 Å². The molecular formula is C16H23BrN2O2. The molecular weight excluding hydrogens is 332 g/mol. The van der Waals surface area contributed by atoms with Gasteiger partial charge in [-0.25, -0.2) is 0 Å². The van der Waals surface area contributed by atoms with Crippen molar-refractivity contribution in [3.8, 4) is 5.75 Å². The maximum absolute atomic E-state index is 11.9. The van der Waals surface area contributed by atoms with Gasteiger partial charge in [-0.2, -0.15) is 0 Å². The molecule has 1 amide bonds. The van der Waals surface area contributed by atoms with E-state index >= 15 is 0 Å². The Morgan fingerprint density at radius 2 is 2.10 bits per heavy atom. The number of hydrogen-bond acceptors (Lipinski definition) is 3. The van der Waals surface area contributed by atoms with Crippen molar-refractivity contribution >= 4 is 21.8 Å². The van der Waals surface area contributed by atoms with Crippen LogP contribution < -0.4 is 15.8 Å². The summed E-state index contributed by atoms with van der Waals surface area (Å²) in [5.74, 6) is 0.672. The number of amides is 1. The molecule has 0 radical (unpaired) electrons. The molecule has 3 N–H and O–H groups in total. The summed E-state index contributed by atoms with van der Waals surface area (Å²) in [5.41, 5.74) is 6.68. The first kappa shape index (κ1) is 16.3. The Hall–Kier alpha value is -1.07. The van der Waals surface area contributed by atoms with E-state index in [-0.39, 0.29) is 12.5 Å². The summed E-state index contributed by atoms with van der Waals surface area (Å²) in [7, 11) is 0. The van der Waals surface area contributed by atoms with E-state index in [9.17, 15) is 4.79 Å². The van der Waals surface area contributed by atoms with E-state index in [1.54, 1.807) is 0 Å². The number of rotatable bonds is 6. The lowest BCUT2D eigenvalue weighted by Crippen LogP contribution is -2.38. The Bertz CT molecular complexity index is 473. The van der Waals surface area contributed by atoms with Crippen LogP contribution in [0.5, 0.6) is 5.75 Å². The second-order valence-electron chi connectivity index (χ2n) is 5.48. The number of benzene rings is 1. The first-order valence-corrected chi connectivity index (χ1v) is 8.39. The summed E-state index contributed by atoms with van der Waals surface area (Å²) >= 11 is 3.49. The van der Waals surface area contributed by atoms with Crippen LogP contribution in [-0.2, 0) is 11.2 Å². The number of hydrogen-bond donors (Lipinski definition) is 2. The van der Waals surface area contributed by atoms with Crippen LogP contribution in [0.15, 0.2) is 22.7 Å². The van der Waals surface area contributed by atoms with Crippen molar-refractivity contribution < 1.29 is 9.53 Å². The Balaban J connectivity index is 1.81. The van der Waals surface area contributed by atoms with Crippen molar-refractivity contribution in [1.29, 1.82) is 0 Å². The lowest BCUT2D eigenvalue weighted by molar-refractivity contribution is -0.124. The van der Waals surface area contributed by atoms with E-state index in [1.165, 1.54) is 19.3 Å². The number of carbonyl (C=O) groups excluding carboxylic acids is 1. The number of ether oxygens (including phenoxy) is 1. The minimum absolute atomic E-state index is 0.0369. The molecule has 0 unspecified atom stereocenters. The average Bonchev–Trinajstić information content (AvgIpc) is 2.49. The first-order valence-electron chi connectivity index (χ1n) is 7.59. The molecule has 1 aliphatic carbocycles. The van der Waals surface area contributed by atoms with Gasteiger partial charge in [0.25, 0.3) is 5.91 Å². The van der Waals surface area contributed by atoms with Crippen molar-refractivity contribution in [3.05, 3.63) is 28.2 Å². The monoisotopic (exact) mass is 354 g/mol. The number of carbonyl (C=O) groups is 1. The summed E-state index contributed by atoms with van der Waals surface area (Å²) in [5, 5.41) is 3.05. The molecule has 0 atom stereocenters.